The molecule has 3 N–H and O–H groups in total. The molecule has 0 aromatic carbocycles. The van der Waals surface area contributed by atoms with Crippen LogP contribution in [0.25, 0.3) is 0 Å². The molecule has 6 heteroatoms. The fraction of sp³-hybridized carbons (Fsp3) is 0.333. The van der Waals surface area contributed by atoms with Crippen LogP contribution in [0.2, 0.25) is 0 Å². The van der Waals surface area contributed by atoms with Crippen LogP contribution in [0.4, 0.5) is 11.5 Å². The van der Waals surface area contributed by atoms with E-state index < -0.39 is 0 Å². The van der Waals surface area contributed by atoms with E-state index >= 15 is 0 Å². The number of aromatic nitrogens is 2. The standard InChI is InChI=1S/C12H16N4OS/c1-8(6-9-4-3-5-18-9)16-11-10(13)12(17-2)15-7-14-11/h3-5,7-8H,6,13H2,1-2H3,(H,14,15,16). The molecule has 0 bridgehead atoms. The molecule has 0 fully saturated rings. The molecule has 2 rings (SSSR count). The first-order chi connectivity index (χ1) is 8.70. The quantitative estimate of drug-likeness (QED) is 0.866. The number of hydrogen-bond acceptors (Lipinski definition) is 6. The topological polar surface area (TPSA) is 73.1 Å². The van der Waals surface area contributed by atoms with Gasteiger partial charge in [0.05, 0.1) is 7.11 Å². The highest BCUT2D eigenvalue weighted by Crippen LogP contribution is 2.25. The van der Waals surface area contributed by atoms with Gasteiger partial charge in [0.25, 0.3) is 0 Å². The van der Waals surface area contributed by atoms with E-state index in [-0.39, 0.29) is 6.04 Å². The fourth-order valence-corrected chi connectivity index (χ4v) is 2.51. The molecule has 0 aliphatic carbocycles. The molecule has 1 atom stereocenters. The van der Waals surface area contributed by atoms with Gasteiger partial charge in [0.2, 0.25) is 5.88 Å². The molecule has 2 heterocycles. The number of nitrogens with zero attached hydrogens (tertiary/aromatic N) is 2. The van der Waals surface area contributed by atoms with Crippen LogP contribution < -0.4 is 15.8 Å². The lowest BCUT2D eigenvalue weighted by atomic mass is 10.2. The molecule has 1 unspecified atom stereocenters. The lowest BCUT2D eigenvalue weighted by Crippen LogP contribution is -2.19. The summed E-state index contributed by atoms with van der Waals surface area (Å²) in [6.45, 7) is 2.09. The predicted molar refractivity (Wildman–Crippen MR) is 74.1 cm³/mol. The minimum absolute atomic E-state index is 0.241. The first kappa shape index (κ1) is 12.6. The summed E-state index contributed by atoms with van der Waals surface area (Å²) < 4.78 is 5.06. The van der Waals surface area contributed by atoms with E-state index in [0.29, 0.717) is 17.4 Å². The zero-order valence-corrected chi connectivity index (χ0v) is 11.2. The van der Waals surface area contributed by atoms with E-state index in [9.17, 15) is 0 Å². The SMILES string of the molecule is COc1ncnc(NC(C)Cc2cccs2)c1N. The first-order valence-corrected chi connectivity index (χ1v) is 6.52. The molecule has 0 amide bonds. The molecular weight excluding hydrogens is 248 g/mol. The predicted octanol–water partition coefficient (Wildman–Crippen LogP) is 2.17. The maximum Gasteiger partial charge on any atom is 0.242 e. The Labute approximate surface area is 110 Å². The molecule has 96 valence electrons. The van der Waals surface area contributed by atoms with Gasteiger partial charge in [-0.3, -0.25) is 0 Å². The minimum atomic E-state index is 0.241. The van der Waals surface area contributed by atoms with Gasteiger partial charge < -0.3 is 15.8 Å². The van der Waals surface area contributed by atoms with E-state index in [1.807, 2.05) is 0 Å². The monoisotopic (exact) mass is 264 g/mol. The van der Waals surface area contributed by atoms with Gasteiger partial charge in [-0.05, 0) is 18.4 Å². The normalized spacial score (nSPS) is 12.1. The Morgan fingerprint density at radius 2 is 2.33 bits per heavy atom. The highest BCUT2D eigenvalue weighted by atomic mass is 32.1. The van der Waals surface area contributed by atoms with Crippen LogP contribution in [0, 0.1) is 0 Å². The molecule has 0 saturated heterocycles. The van der Waals surface area contributed by atoms with Crippen molar-refractivity contribution in [2.24, 2.45) is 0 Å². The smallest absolute Gasteiger partial charge is 0.242 e. The Morgan fingerprint density at radius 3 is 3.00 bits per heavy atom. The molecule has 0 aliphatic heterocycles. The third-order valence-electron chi connectivity index (χ3n) is 2.51. The van der Waals surface area contributed by atoms with Crippen molar-refractivity contribution in [3.63, 3.8) is 0 Å². The number of nitrogens with two attached hydrogens (primary N) is 1. The molecule has 18 heavy (non-hydrogen) atoms. The van der Waals surface area contributed by atoms with Gasteiger partial charge in [-0.15, -0.1) is 11.3 Å². The van der Waals surface area contributed by atoms with Crippen molar-refractivity contribution < 1.29 is 4.74 Å². The van der Waals surface area contributed by atoms with Crippen molar-refractivity contribution in [2.75, 3.05) is 18.2 Å². The van der Waals surface area contributed by atoms with Crippen LogP contribution in [0.5, 0.6) is 5.88 Å². The summed E-state index contributed by atoms with van der Waals surface area (Å²) in [4.78, 5) is 9.40. The van der Waals surface area contributed by atoms with Crippen LogP contribution >= 0.6 is 11.3 Å². The Hall–Kier alpha value is -1.82. The average Bonchev–Trinajstić information content (AvgIpc) is 2.84. The Balaban J connectivity index is 2.05. The van der Waals surface area contributed by atoms with Gasteiger partial charge >= 0.3 is 0 Å². The lowest BCUT2D eigenvalue weighted by Gasteiger charge is -2.15. The third-order valence-corrected chi connectivity index (χ3v) is 3.41. The fourth-order valence-electron chi connectivity index (χ4n) is 1.67. The summed E-state index contributed by atoms with van der Waals surface area (Å²) >= 11 is 1.74. The van der Waals surface area contributed by atoms with Crippen molar-refractivity contribution in [1.29, 1.82) is 0 Å². The summed E-state index contributed by atoms with van der Waals surface area (Å²) in [5.74, 6) is 1.02. The number of ether oxygens (including phenoxy) is 1. The van der Waals surface area contributed by atoms with Crippen molar-refractivity contribution in [3.8, 4) is 5.88 Å². The third kappa shape index (κ3) is 2.89. The summed E-state index contributed by atoms with van der Waals surface area (Å²) in [6.07, 6.45) is 2.37. The van der Waals surface area contributed by atoms with Crippen LogP contribution in [-0.2, 0) is 6.42 Å². The van der Waals surface area contributed by atoms with Crippen LogP contribution in [-0.4, -0.2) is 23.1 Å². The molecule has 0 saturated carbocycles. The number of rotatable bonds is 5. The summed E-state index contributed by atoms with van der Waals surface area (Å²) in [5, 5.41) is 5.35. The highest BCUT2D eigenvalue weighted by molar-refractivity contribution is 7.09. The lowest BCUT2D eigenvalue weighted by molar-refractivity contribution is 0.399. The number of nitrogens with one attached hydrogen (secondary N) is 1. The van der Waals surface area contributed by atoms with Crippen LogP contribution in [0.1, 0.15) is 11.8 Å². The van der Waals surface area contributed by atoms with Crippen molar-refractivity contribution in [2.45, 2.75) is 19.4 Å². The molecule has 5 nitrogen and oxygen atoms in total. The first-order valence-electron chi connectivity index (χ1n) is 5.64. The Kier molecular flexibility index (Phi) is 3.99. The Morgan fingerprint density at radius 1 is 1.50 bits per heavy atom. The van der Waals surface area contributed by atoms with E-state index in [1.165, 1.54) is 18.3 Å². The van der Waals surface area contributed by atoms with Crippen molar-refractivity contribution in [3.05, 3.63) is 28.7 Å². The van der Waals surface area contributed by atoms with Crippen LogP contribution in [0.3, 0.4) is 0 Å². The van der Waals surface area contributed by atoms with Gasteiger partial charge in [-0.2, -0.15) is 4.98 Å². The van der Waals surface area contributed by atoms with Gasteiger partial charge in [-0.25, -0.2) is 4.98 Å². The van der Waals surface area contributed by atoms with Gasteiger partial charge in [-0.1, -0.05) is 6.07 Å². The van der Waals surface area contributed by atoms with Crippen LogP contribution in [0.15, 0.2) is 23.8 Å². The molecule has 0 aliphatic rings. The summed E-state index contributed by atoms with van der Waals surface area (Å²) in [6, 6.07) is 4.41. The van der Waals surface area contributed by atoms with Gasteiger partial charge in [0.15, 0.2) is 5.82 Å². The Bertz CT molecular complexity index is 501. The minimum Gasteiger partial charge on any atom is -0.479 e. The second kappa shape index (κ2) is 5.68. The number of anilines is 2. The zero-order valence-electron chi connectivity index (χ0n) is 10.4. The molecule has 0 radical (unpaired) electrons. The average molecular weight is 264 g/mol. The maximum atomic E-state index is 5.91. The highest BCUT2D eigenvalue weighted by Gasteiger charge is 2.11. The molecule has 2 aromatic heterocycles. The second-order valence-corrected chi connectivity index (χ2v) is 5.01. The number of nitrogen functional groups attached to an aromatic ring is 1. The maximum absolute atomic E-state index is 5.91. The summed E-state index contributed by atoms with van der Waals surface area (Å²) in [7, 11) is 1.54. The van der Waals surface area contributed by atoms with Crippen molar-refractivity contribution >= 4 is 22.8 Å². The molecule has 2 aromatic rings. The van der Waals surface area contributed by atoms with E-state index in [4.69, 9.17) is 10.5 Å². The van der Waals surface area contributed by atoms with E-state index in [2.05, 4.69) is 39.7 Å². The second-order valence-electron chi connectivity index (χ2n) is 3.97. The van der Waals surface area contributed by atoms with E-state index in [1.54, 1.807) is 11.3 Å². The van der Waals surface area contributed by atoms with E-state index in [0.717, 1.165) is 6.42 Å². The van der Waals surface area contributed by atoms with Gasteiger partial charge in [0.1, 0.15) is 12.0 Å². The van der Waals surface area contributed by atoms with Crippen molar-refractivity contribution in [1.82, 2.24) is 9.97 Å². The van der Waals surface area contributed by atoms with Gasteiger partial charge in [0, 0.05) is 17.3 Å². The largest absolute Gasteiger partial charge is 0.479 e. The summed E-state index contributed by atoms with van der Waals surface area (Å²) in [5.41, 5.74) is 6.35. The molecule has 0 spiro atoms. The molecular formula is C12H16N4OS. The number of hydrogen-bond donors (Lipinski definition) is 2. The number of thiophene rings is 1. The number of methoxy groups -OCH3 is 1. The zero-order chi connectivity index (χ0) is 13.0.